The van der Waals surface area contributed by atoms with E-state index >= 15 is 0 Å². The normalized spacial score (nSPS) is 13.8. The molecule has 342 valence electrons. The van der Waals surface area contributed by atoms with Crippen molar-refractivity contribution in [2.75, 3.05) is 0 Å². The SMILES string of the molecule is [2H]c1c([2H])c(-c2cccc(C3(c4cccc(-c5c([2H])c([2H])c([2H])c(-c6nc(-c7ccccc7)nc(-c7ccccc7)n6)c5[2H])c4)c4ccccc4-c4ccccc43)c2)c([2H])c(-c2nc(-c3ccccc3)nc(-c3ccccc3)n2)c1[2H]. The predicted molar refractivity (Wildman–Crippen MR) is 294 cm³/mol. The molecular formula is C67H44N6. The molecule has 0 radical (unpaired) electrons. The van der Waals surface area contributed by atoms with E-state index in [0.717, 1.165) is 33.4 Å². The fourth-order valence-electron chi connectivity index (χ4n) is 9.88. The first-order valence-corrected chi connectivity index (χ1v) is 23.9. The molecule has 0 aliphatic heterocycles. The lowest BCUT2D eigenvalue weighted by Crippen LogP contribution is -2.28. The Morgan fingerprint density at radius 2 is 0.548 bits per heavy atom. The molecule has 73 heavy (non-hydrogen) atoms. The van der Waals surface area contributed by atoms with Gasteiger partial charge in [0.15, 0.2) is 34.9 Å². The molecule has 0 spiro atoms. The second-order valence-corrected chi connectivity index (χ2v) is 17.6. The topological polar surface area (TPSA) is 77.3 Å². The van der Waals surface area contributed by atoms with Gasteiger partial charge in [-0.05, 0) is 79.9 Å². The van der Waals surface area contributed by atoms with Gasteiger partial charge >= 0.3 is 0 Å². The fourth-order valence-corrected chi connectivity index (χ4v) is 9.88. The molecule has 0 fully saturated rings. The van der Waals surface area contributed by atoms with Gasteiger partial charge in [-0.25, -0.2) is 29.9 Å². The Morgan fingerprint density at radius 1 is 0.260 bits per heavy atom. The summed E-state index contributed by atoms with van der Waals surface area (Å²) >= 11 is 0. The molecule has 0 atom stereocenters. The summed E-state index contributed by atoms with van der Waals surface area (Å²) in [5.74, 6) is 1.36. The monoisotopic (exact) mass is 940 g/mol. The lowest BCUT2D eigenvalue weighted by molar-refractivity contribution is 0.769. The molecule has 10 aromatic carbocycles. The van der Waals surface area contributed by atoms with Crippen LogP contribution in [-0.4, -0.2) is 29.9 Å². The second kappa shape index (κ2) is 18.5. The molecule has 13 rings (SSSR count). The van der Waals surface area contributed by atoms with Crippen LogP contribution in [0.1, 0.15) is 33.2 Å². The van der Waals surface area contributed by atoms with Gasteiger partial charge in [-0.3, -0.25) is 0 Å². The maximum absolute atomic E-state index is 9.96. The van der Waals surface area contributed by atoms with Crippen LogP contribution in [0.25, 0.3) is 102 Å². The summed E-state index contributed by atoms with van der Waals surface area (Å²) in [7, 11) is 0. The van der Waals surface area contributed by atoms with Crippen molar-refractivity contribution in [1.82, 2.24) is 29.9 Å². The highest BCUT2D eigenvalue weighted by Gasteiger charge is 2.46. The molecule has 0 saturated carbocycles. The van der Waals surface area contributed by atoms with E-state index in [4.69, 9.17) is 29.9 Å². The minimum absolute atomic E-state index is 0.0129. The highest BCUT2D eigenvalue weighted by atomic mass is 15.0. The largest absolute Gasteiger partial charge is 0.208 e. The van der Waals surface area contributed by atoms with E-state index in [1.165, 1.54) is 0 Å². The molecule has 0 N–H and O–H groups in total. The standard InChI is InChI=1S/C67H44N6/c1-5-21-45(22-6-1)61-68-62(46-23-7-2-8-24-46)71-65(70-61)53-33-17-29-49(41-53)51-31-19-35-55(43-51)67(59-39-15-13-37-57(59)58-38-14-16-40-60(58)67)56-36-20-32-52(44-56)50-30-18-34-54(42-50)66-72-63(47-25-9-3-10-26-47)69-64(73-66)48-27-11-4-12-28-48/h1-44H/i17D,18D,29D,30D,33D,34D,41D,42D. The second-order valence-electron chi connectivity index (χ2n) is 17.6. The zero-order valence-corrected chi connectivity index (χ0v) is 39.0. The zero-order valence-electron chi connectivity index (χ0n) is 47.0. The van der Waals surface area contributed by atoms with Crippen LogP contribution in [0.2, 0.25) is 0 Å². The maximum Gasteiger partial charge on any atom is 0.164 e. The minimum Gasteiger partial charge on any atom is -0.208 e. The lowest BCUT2D eigenvalue weighted by atomic mass is 9.67. The number of fused-ring (bicyclic) bond motifs is 3. The Hall–Kier alpha value is -9.78. The zero-order chi connectivity index (χ0) is 55.5. The number of nitrogens with zero attached hydrogens (tertiary/aromatic N) is 6. The van der Waals surface area contributed by atoms with Gasteiger partial charge in [0.1, 0.15) is 0 Å². The predicted octanol–water partition coefficient (Wildman–Crippen LogP) is 15.8. The number of rotatable bonds is 10. The van der Waals surface area contributed by atoms with Crippen LogP contribution in [0.4, 0.5) is 0 Å². The molecule has 6 heteroatoms. The number of aromatic nitrogens is 6. The van der Waals surface area contributed by atoms with Gasteiger partial charge in [0, 0.05) is 33.4 Å². The van der Waals surface area contributed by atoms with E-state index in [9.17, 15) is 11.0 Å². The van der Waals surface area contributed by atoms with Crippen LogP contribution >= 0.6 is 0 Å². The maximum atomic E-state index is 9.96. The Morgan fingerprint density at radius 3 is 0.904 bits per heavy atom. The Kier molecular flexibility index (Phi) is 8.96. The van der Waals surface area contributed by atoms with Crippen molar-refractivity contribution in [2.24, 2.45) is 0 Å². The third-order valence-corrected chi connectivity index (χ3v) is 13.2. The van der Waals surface area contributed by atoms with Crippen molar-refractivity contribution in [3.05, 3.63) is 289 Å². The molecule has 0 unspecified atom stereocenters. The van der Waals surface area contributed by atoms with Gasteiger partial charge in [-0.15, -0.1) is 0 Å². The van der Waals surface area contributed by atoms with E-state index in [1.54, 1.807) is 0 Å². The smallest absolute Gasteiger partial charge is 0.164 e. The molecular weight excluding hydrogens is 889 g/mol. The van der Waals surface area contributed by atoms with Crippen LogP contribution in [0.5, 0.6) is 0 Å². The molecule has 12 aromatic rings. The third kappa shape index (κ3) is 7.97. The van der Waals surface area contributed by atoms with Crippen molar-refractivity contribution >= 4 is 0 Å². The molecule has 1 aliphatic carbocycles. The quantitative estimate of drug-likeness (QED) is 0.136. The third-order valence-electron chi connectivity index (χ3n) is 13.2. The summed E-state index contributed by atoms with van der Waals surface area (Å²) in [6.07, 6.45) is 0. The summed E-state index contributed by atoms with van der Waals surface area (Å²) in [4.78, 5) is 29.1. The first kappa shape index (κ1) is 35.3. The molecule has 0 amide bonds. The van der Waals surface area contributed by atoms with E-state index in [-0.39, 0.29) is 70.2 Å². The average molecular weight is 941 g/mol. The number of hydrogen-bond acceptors (Lipinski definition) is 6. The van der Waals surface area contributed by atoms with E-state index < -0.39 is 17.5 Å². The van der Waals surface area contributed by atoms with Crippen molar-refractivity contribution in [3.8, 4) is 102 Å². The highest BCUT2D eigenvalue weighted by molar-refractivity contribution is 5.88. The fraction of sp³-hybridized carbons (Fsp3) is 0.0149. The Bertz CT molecular complexity index is 4050. The van der Waals surface area contributed by atoms with Gasteiger partial charge in [0.25, 0.3) is 0 Å². The van der Waals surface area contributed by atoms with Crippen LogP contribution in [-0.2, 0) is 5.41 Å². The highest BCUT2D eigenvalue weighted by Crippen LogP contribution is 2.56. The average Bonchev–Trinajstić information content (AvgIpc) is 3.60. The van der Waals surface area contributed by atoms with Crippen molar-refractivity contribution in [3.63, 3.8) is 0 Å². The Labute approximate surface area is 435 Å². The lowest BCUT2D eigenvalue weighted by Gasteiger charge is -2.34. The van der Waals surface area contributed by atoms with Gasteiger partial charge in [-0.2, -0.15) is 0 Å². The number of benzene rings is 10. The molecule has 6 nitrogen and oxygen atoms in total. The summed E-state index contributed by atoms with van der Waals surface area (Å²) < 4.78 is 76.1. The summed E-state index contributed by atoms with van der Waals surface area (Å²) in [6, 6.07) is 66.6. The first-order chi connectivity index (χ1) is 39.5. The Balaban J connectivity index is 1.01. The van der Waals surface area contributed by atoms with Crippen LogP contribution in [0.3, 0.4) is 0 Å². The molecule has 2 aromatic heterocycles. The van der Waals surface area contributed by atoms with E-state index in [1.807, 2.05) is 194 Å². The summed E-state index contributed by atoms with van der Waals surface area (Å²) in [5.41, 5.74) is 8.13. The summed E-state index contributed by atoms with van der Waals surface area (Å²) in [6.45, 7) is 0. The first-order valence-electron chi connectivity index (χ1n) is 27.9. The van der Waals surface area contributed by atoms with Crippen molar-refractivity contribution in [2.45, 2.75) is 5.41 Å². The van der Waals surface area contributed by atoms with Gasteiger partial charge in [-0.1, -0.05) is 243 Å². The van der Waals surface area contributed by atoms with Crippen LogP contribution in [0.15, 0.2) is 267 Å². The van der Waals surface area contributed by atoms with Gasteiger partial charge in [0.2, 0.25) is 0 Å². The number of hydrogen-bond donors (Lipinski definition) is 0. The van der Waals surface area contributed by atoms with Crippen molar-refractivity contribution in [1.29, 1.82) is 0 Å². The van der Waals surface area contributed by atoms with Gasteiger partial charge < -0.3 is 0 Å². The van der Waals surface area contributed by atoms with Crippen LogP contribution < -0.4 is 0 Å². The molecule has 0 saturated heterocycles. The molecule has 2 heterocycles. The molecule has 1 aliphatic rings. The van der Waals surface area contributed by atoms with Crippen LogP contribution in [0, 0.1) is 0 Å². The van der Waals surface area contributed by atoms with E-state index in [0.29, 0.717) is 56.7 Å². The van der Waals surface area contributed by atoms with Gasteiger partial charge in [0.05, 0.1) is 16.4 Å². The van der Waals surface area contributed by atoms with E-state index in [2.05, 4.69) is 24.3 Å². The molecule has 0 bridgehead atoms. The van der Waals surface area contributed by atoms with Crippen molar-refractivity contribution < 1.29 is 11.0 Å². The minimum atomic E-state index is -1.11. The summed E-state index contributed by atoms with van der Waals surface area (Å²) in [5, 5.41) is 0.